The fourth-order valence-corrected chi connectivity index (χ4v) is 5.24. The SMILES string of the molecule is CC1=C(S(=O)(=O)N2CCc3[nH]c4ccccc4c3C2)C(=O)NC(=O)C1. The lowest BCUT2D eigenvalue weighted by molar-refractivity contribution is -0.128. The number of nitrogens with zero attached hydrogens (tertiary/aromatic N) is 1. The molecule has 25 heavy (non-hydrogen) atoms. The Labute approximate surface area is 144 Å². The summed E-state index contributed by atoms with van der Waals surface area (Å²) in [4.78, 5) is 26.6. The van der Waals surface area contributed by atoms with E-state index in [0.717, 1.165) is 22.2 Å². The number of aromatic amines is 1. The molecule has 3 heterocycles. The predicted octanol–water partition coefficient (Wildman–Crippen LogP) is 1.18. The minimum absolute atomic E-state index is 0.0769. The minimum Gasteiger partial charge on any atom is -0.358 e. The van der Waals surface area contributed by atoms with E-state index in [9.17, 15) is 18.0 Å². The zero-order valence-electron chi connectivity index (χ0n) is 13.6. The molecule has 0 saturated carbocycles. The second-order valence-electron chi connectivity index (χ2n) is 6.38. The Morgan fingerprint density at radius 2 is 1.92 bits per heavy atom. The zero-order chi connectivity index (χ0) is 17.8. The summed E-state index contributed by atoms with van der Waals surface area (Å²) in [7, 11) is -3.96. The van der Waals surface area contributed by atoms with Crippen LogP contribution in [0.4, 0.5) is 0 Å². The Balaban J connectivity index is 1.75. The number of para-hydroxylation sites is 1. The van der Waals surface area contributed by atoms with Gasteiger partial charge < -0.3 is 4.98 Å². The summed E-state index contributed by atoms with van der Waals surface area (Å²) < 4.78 is 27.4. The van der Waals surface area contributed by atoms with E-state index in [-0.39, 0.29) is 17.9 Å². The van der Waals surface area contributed by atoms with E-state index in [2.05, 4.69) is 10.3 Å². The van der Waals surface area contributed by atoms with Crippen LogP contribution in [0, 0.1) is 0 Å². The van der Waals surface area contributed by atoms with Gasteiger partial charge in [-0.05, 0) is 24.1 Å². The summed E-state index contributed by atoms with van der Waals surface area (Å²) in [6.45, 7) is 2.02. The van der Waals surface area contributed by atoms with Gasteiger partial charge in [0.15, 0.2) is 0 Å². The van der Waals surface area contributed by atoms with Crippen molar-refractivity contribution in [1.29, 1.82) is 0 Å². The van der Waals surface area contributed by atoms with Gasteiger partial charge in [-0.2, -0.15) is 4.31 Å². The van der Waals surface area contributed by atoms with E-state index < -0.39 is 21.8 Å². The fourth-order valence-electron chi connectivity index (χ4n) is 3.56. The fraction of sp³-hybridized carbons (Fsp3) is 0.294. The van der Waals surface area contributed by atoms with Gasteiger partial charge in [-0.15, -0.1) is 0 Å². The summed E-state index contributed by atoms with van der Waals surface area (Å²) >= 11 is 0. The van der Waals surface area contributed by atoms with Gasteiger partial charge in [0.1, 0.15) is 4.91 Å². The van der Waals surface area contributed by atoms with Crippen molar-refractivity contribution in [3.8, 4) is 0 Å². The van der Waals surface area contributed by atoms with Crippen LogP contribution < -0.4 is 5.32 Å². The van der Waals surface area contributed by atoms with Crippen LogP contribution in [0.15, 0.2) is 34.7 Å². The van der Waals surface area contributed by atoms with Crippen molar-refractivity contribution in [2.75, 3.05) is 6.54 Å². The standard InChI is InChI=1S/C17H17N3O4S/c1-10-8-15(21)19-17(22)16(10)25(23,24)20-7-6-14-12(9-20)11-4-2-3-5-13(11)18-14/h2-5,18H,6-9H2,1H3,(H,19,21,22). The number of imide groups is 1. The van der Waals surface area contributed by atoms with Crippen LogP contribution in [0.2, 0.25) is 0 Å². The molecule has 2 aromatic rings. The van der Waals surface area contributed by atoms with E-state index in [1.807, 2.05) is 24.3 Å². The number of rotatable bonds is 2. The molecular weight excluding hydrogens is 342 g/mol. The first-order valence-corrected chi connectivity index (χ1v) is 9.44. The molecule has 0 aliphatic carbocycles. The third-order valence-electron chi connectivity index (χ3n) is 4.72. The predicted molar refractivity (Wildman–Crippen MR) is 91.8 cm³/mol. The van der Waals surface area contributed by atoms with Crippen LogP contribution in [-0.2, 0) is 32.6 Å². The maximum Gasteiger partial charge on any atom is 0.270 e. The lowest BCUT2D eigenvalue weighted by Gasteiger charge is -2.28. The maximum absolute atomic E-state index is 13.0. The molecule has 130 valence electrons. The monoisotopic (exact) mass is 359 g/mol. The van der Waals surface area contributed by atoms with E-state index in [0.29, 0.717) is 18.5 Å². The quantitative estimate of drug-likeness (QED) is 0.787. The molecular formula is C17H17N3O4S. The number of amides is 2. The lowest BCUT2D eigenvalue weighted by atomic mass is 10.1. The van der Waals surface area contributed by atoms with Crippen molar-refractivity contribution >= 4 is 32.7 Å². The average molecular weight is 359 g/mol. The Hall–Kier alpha value is -2.45. The van der Waals surface area contributed by atoms with Gasteiger partial charge in [-0.3, -0.25) is 14.9 Å². The highest BCUT2D eigenvalue weighted by molar-refractivity contribution is 7.94. The average Bonchev–Trinajstić information content (AvgIpc) is 2.91. The van der Waals surface area contributed by atoms with Crippen molar-refractivity contribution < 1.29 is 18.0 Å². The first-order valence-electron chi connectivity index (χ1n) is 8.00. The first-order chi connectivity index (χ1) is 11.9. The lowest BCUT2D eigenvalue weighted by Crippen LogP contribution is -2.44. The van der Waals surface area contributed by atoms with E-state index in [1.165, 1.54) is 11.2 Å². The Bertz CT molecular complexity index is 1050. The van der Waals surface area contributed by atoms with Gasteiger partial charge in [0.2, 0.25) is 15.9 Å². The summed E-state index contributed by atoms with van der Waals surface area (Å²) in [5.74, 6) is -1.31. The Kier molecular flexibility index (Phi) is 3.55. The number of benzene rings is 1. The Morgan fingerprint density at radius 1 is 1.16 bits per heavy atom. The smallest absolute Gasteiger partial charge is 0.270 e. The van der Waals surface area contributed by atoms with Crippen LogP contribution >= 0.6 is 0 Å². The van der Waals surface area contributed by atoms with Crippen molar-refractivity contribution in [3.05, 3.63) is 46.0 Å². The number of carbonyl (C=O) groups is 2. The molecule has 0 bridgehead atoms. The molecule has 2 aliphatic rings. The topological polar surface area (TPSA) is 99.3 Å². The van der Waals surface area contributed by atoms with E-state index in [4.69, 9.17) is 0 Å². The minimum atomic E-state index is -3.96. The van der Waals surface area contributed by atoms with Crippen molar-refractivity contribution in [2.45, 2.75) is 26.3 Å². The van der Waals surface area contributed by atoms with Crippen LogP contribution in [0.3, 0.4) is 0 Å². The third-order valence-corrected chi connectivity index (χ3v) is 6.76. The molecule has 8 heteroatoms. The number of hydrogen-bond acceptors (Lipinski definition) is 4. The second kappa shape index (κ2) is 5.53. The number of sulfonamides is 1. The molecule has 0 spiro atoms. The van der Waals surface area contributed by atoms with Gasteiger partial charge in [0, 0.05) is 42.5 Å². The maximum atomic E-state index is 13.0. The third kappa shape index (κ3) is 2.49. The molecule has 2 N–H and O–H groups in total. The molecule has 0 saturated heterocycles. The molecule has 2 aliphatic heterocycles. The van der Waals surface area contributed by atoms with Crippen LogP contribution in [0.5, 0.6) is 0 Å². The molecule has 0 radical (unpaired) electrons. The second-order valence-corrected chi connectivity index (χ2v) is 8.25. The van der Waals surface area contributed by atoms with Crippen molar-refractivity contribution in [3.63, 3.8) is 0 Å². The zero-order valence-corrected chi connectivity index (χ0v) is 14.4. The van der Waals surface area contributed by atoms with Crippen molar-refractivity contribution in [1.82, 2.24) is 14.6 Å². The van der Waals surface area contributed by atoms with E-state index >= 15 is 0 Å². The highest BCUT2D eigenvalue weighted by Crippen LogP contribution is 2.31. The number of H-pyrrole nitrogens is 1. The molecule has 4 rings (SSSR count). The number of hydrogen-bond donors (Lipinski definition) is 2. The summed E-state index contributed by atoms with van der Waals surface area (Å²) in [5, 5.41) is 3.09. The highest BCUT2D eigenvalue weighted by Gasteiger charge is 2.38. The molecule has 0 atom stereocenters. The molecule has 1 aromatic heterocycles. The first kappa shape index (κ1) is 16.0. The molecule has 0 unspecified atom stereocenters. The van der Waals surface area contributed by atoms with Gasteiger partial charge >= 0.3 is 0 Å². The molecule has 7 nitrogen and oxygen atoms in total. The number of aromatic nitrogens is 1. The number of fused-ring (bicyclic) bond motifs is 3. The largest absolute Gasteiger partial charge is 0.358 e. The molecule has 2 amide bonds. The van der Waals surface area contributed by atoms with Crippen LogP contribution in [0.1, 0.15) is 24.6 Å². The van der Waals surface area contributed by atoms with Gasteiger partial charge in [-0.1, -0.05) is 18.2 Å². The van der Waals surface area contributed by atoms with Gasteiger partial charge in [0.05, 0.1) is 0 Å². The van der Waals surface area contributed by atoms with Crippen LogP contribution in [0.25, 0.3) is 10.9 Å². The normalized spacial score (nSPS) is 19.2. The van der Waals surface area contributed by atoms with Crippen molar-refractivity contribution in [2.24, 2.45) is 0 Å². The summed E-state index contributed by atoms with van der Waals surface area (Å²) in [5.41, 5.74) is 3.24. The number of nitrogens with one attached hydrogen (secondary N) is 2. The summed E-state index contributed by atoms with van der Waals surface area (Å²) in [6.07, 6.45) is 0.475. The van der Waals surface area contributed by atoms with Gasteiger partial charge in [0.25, 0.3) is 5.91 Å². The number of carbonyl (C=O) groups excluding carboxylic acids is 2. The van der Waals surface area contributed by atoms with Gasteiger partial charge in [-0.25, -0.2) is 8.42 Å². The molecule has 0 fully saturated rings. The Morgan fingerprint density at radius 3 is 2.68 bits per heavy atom. The summed E-state index contributed by atoms with van der Waals surface area (Å²) in [6, 6.07) is 7.75. The van der Waals surface area contributed by atoms with E-state index in [1.54, 1.807) is 0 Å². The highest BCUT2D eigenvalue weighted by atomic mass is 32.2. The van der Waals surface area contributed by atoms with Crippen LogP contribution in [-0.4, -0.2) is 36.1 Å². The molecule has 1 aromatic carbocycles.